The lowest BCUT2D eigenvalue weighted by atomic mass is 10.1. The third kappa shape index (κ3) is 4.82. The number of rotatable bonds is 6. The summed E-state index contributed by atoms with van der Waals surface area (Å²) in [4.78, 5) is 12.7. The molecule has 0 aliphatic heterocycles. The summed E-state index contributed by atoms with van der Waals surface area (Å²) in [5.74, 6) is 0.373. The summed E-state index contributed by atoms with van der Waals surface area (Å²) < 4.78 is 11.9. The molecule has 1 N–H and O–H groups in total. The van der Waals surface area contributed by atoms with E-state index >= 15 is 0 Å². The number of hydrogen-bond acceptors (Lipinski definition) is 5. The van der Waals surface area contributed by atoms with Gasteiger partial charge in [-0.1, -0.05) is 29.3 Å². The fourth-order valence-electron chi connectivity index (χ4n) is 2.86. The lowest BCUT2D eigenvalue weighted by molar-refractivity contribution is -0.112. The number of carbonyl (C=O) groups is 1. The number of hydrogen-bond donors (Lipinski definition) is 1. The van der Waals surface area contributed by atoms with Crippen molar-refractivity contribution in [3.63, 3.8) is 0 Å². The minimum Gasteiger partial charge on any atom is -0.493 e. The Kier molecular flexibility index (Phi) is 6.85. The van der Waals surface area contributed by atoms with E-state index < -0.39 is 5.91 Å². The van der Waals surface area contributed by atoms with Crippen molar-refractivity contribution in [2.24, 2.45) is 0 Å². The molecular formula is C22H18Cl2N4O3. The van der Waals surface area contributed by atoms with Gasteiger partial charge in [-0.25, -0.2) is 4.68 Å². The molecule has 0 aliphatic carbocycles. The van der Waals surface area contributed by atoms with Gasteiger partial charge in [0.15, 0.2) is 11.5 Å². The second-order valence-corrected chi connectivity index (χ2v) is 7.17. The van der Waals surface area contributed by atoms with E-state index in [0.29, 0.717) is 39.2 Å². The molecule has 0 radical (unpaired) electrons. The first-order valence-corrected chi connectivity index (χ1v) is 9.79. The summed E-state index contributed by atoms with van der Waals surface area (Å²) in [6.45, 7) is 1.74. The Morgan fingerprint density at radius 2 is 1.90 bits per heavy atom. The van der Waals surface area contributed by atoms with Crippen molar-refractivity contribution in [1.82, 2.24) is 9.78 Å². The smallest absolute Gasteiger partial charge is 0.266 e. The molecule has 9 heteroatoms. The van der Waals surface area contributed by atoms with Gasteiger partial charge in [0.25, 0.3) is 5.91 Å². The fourth-order valence-corrected chi connectivity index (χ4v) is 3.37. The summed E-state index contributed by atoms with van der Waals surface area (Å²) in [6, 6.07) is 13.8. The van der Waals surface area contributed by atoms with Crippen molar-refractivity contribution < 1.29 is 14.3 Å². The van der Waals surface area contributed by atoms with Crippen LogP contribution in [0.15, 0.2) is 48.0 Å². The average molecular weight is 457 g/mol. The monoisotopic (exact) mass is 456 g/mol. The van der Waals surface area contributed by atoms with Crippen molar-refractivity contribution in [1.29, 1.82) is 5.26 Å². The van der Waals surface area contributed by atoms with E-state index in [4.69, 9.17) is 32.7 Å². The lowest BCUT2D eigenvalue weighted by Crippen LogP contribution is -2.13. The molecule has 3 rings (SSSR count). The zero-order chi connectivity index (χ0) is 22.5. The van der Waals surface area contributed by atoms with Gasteiger partial charge >= 0.3 is 0 Å². The summed E-state index contributed by atoms with van der Waals surface area (Å²) in [6.07, 6.45) is 1.40. The van der Waals surface area contributed by atoms with E-state index in [0.717, 1.165) is 0 Å². The van der Waals surface area contributed by atoms with Crippen molar-refractivity contribution in [3.05, 3.63) is 69.5 Å². The molecule has 0 saturated heterocycles. The highest BCUT2D eigenvalue weighted by atomic mass is 35.5. The van der Waals surface area contributed by atoms with Crippen LogP contribution in [0.3, 0.4) is 0 Å². The summed E-state index contributed by atoms with van der Waals surface area (Å²) >= 11 is 12.5. The van der Waals surface area contributed by atoms with Crippen LogP contribution in [0.4, 0.5) is 5.69 Å². The van der Waals surface area contributed by atoms with Gasteiger partial charge in [-0.2, -0.15) is 10.4 Å². The van der Waals surface area contributed by atoms with Gasteiger partial charge in [0.1, 0.15) is 16.8 Å². The largest absolute Gasteiger partial charge is 0.493 e. The van der Waals surface area contributed by atoms with E-state index in [9.17, 15) is 10.1 Å². The number of ether oxygens (including phenoxy) is 2. The number of benzene rings is 2. The molecule has 1 aromatic heterocycles. The van der Waals surface area contributed by atoms with Gasteiger partial charge in [0.05, 0.1) is 25.6 Å². The van der Waals surface area contributed by atoms with Crippen molar-refractivity contribution in [2.75, 3.05) is 19.5 Å². The van der Waals surface area contributed by atoms with E-state index in [-0.39, 0.29) is 10.7 Å². The van der Waals surface area contributed by atoms with E-state index in [1.807, 2.05) is 6.07 Å². The standard InChI is InChI=1S/C22H18Cl2N4O3/c1-13-18(21(24)28(27-13)17-6-4-5-15(23)10-17)9-14(12-25)22(29)26-16-7-8-19(30-2)20(11-16)31-3/h4-11H,1-3H3,(H,26,29). The van der Waals surface area contributed by atoms with Gasteiger partial charge in [0, 0.05) is 22.3 Å². The van der Waals surface area contributed by atoms with Crippen LogP contribution in [0.1, 0.15) is 11.3 Å². The average Bonchev–Trinajstić information content (AvgIpc) is 3.05. The number of nitriles is 1. The van der Waals surface area contributed by atoms with Gasteiger partial charge in [-0.15, -0.1) is 0 Å². The fraction of sp³-hybridized carbons (Fsp3) is 0.136. The van der Waals surface area contributed by atoms with E-state index in [2.05, 4.69) is 10.4 Å². The summed E-state index contributed by atoms with van der Waals surface area (Å²) in [7, 11) is 3.01. The normalized spacial score (nSPS) is 11.0. The summed E-state index contributed by atoms with van der Waals surface area (Å²) in [5.41, 5.74) is 1.98. The van der Waals surface area contributed by atoms with Crippen LogP contribution in [0.5, 0.6) is 11.5 Å². The number of aryl methyl sites for hydroxylation is 1. The number of carbonyl (C=O) groups excluding carboxylic acids is 1. The maximum Gasteiger partial charge on any atom is 0.266 e. The maximum atomic E-state index is 12.7. The number of methoxy groups -OCH3 is 2. The molecule has 0 aliphatic rings. The first kappa shape index (κ1) is 22.2. The minimum atomic E-state index is -0.597. The third-order valence-electron chi connectivity index (χ3n) is 4.40. The molecule has 2 aromatic carbocycles. The zero-order valence-corrected chi connectivity index (χ0v) is 18.5. The molecule has 7 nitrogen and oxygen atoms in total. The second-order valence-electron chi connectivity index (χ2n) is 6.38. The topological polar surface area (TPSA) is 89.2 Å². The van der Waals surface area contributed by atoms with Crippen LogP contribution in [-0.2, 0) is 4.79 Å². The molecule has 0 bridgehead atoms. The quantitative estimate of drug-likeness (QED) is 0.413. The molecule has 31 heavy (non-hydrogen) atoms. The Hall–Kier alpha value is -3.47. The van der Waals surface area contributed by atoms with Crippen LogP contribution in [-0.4, -0.2) is 29.9 Å². The highest BCUT2D eigenvalue weighted by Gasteiger charge is 2.17. The first-order valence-electron chi connectivity index (χ1n) is 9.04. The molecule has 0 saturated carbocycles. The molecule has 0 atom stereocenters. The highest BCUT2D eigenvalue weighted by Crippen LogP contribution is 2.30. The lowest BCUT2D eigenvalue weighted by Gasteiger charge is -2.10. The van der Waals surface area contributed by atoms with Crippen LogP contribution in [0.2, 0.25) is 10.2 Å². The van der Waals surface area contributed by atoms with Crippen LogP contribution in [0.25, 0.3) is 11.8 Å². The number of nitrogens with one attached hydrogen (secondary N) is 1. The van der Waals surface area contributed by atoms with Crippen molar-refractivity contribution in [3.8, 4) is 23.3 Å². The number of halogens is 2. The second kappa shape index (κ2) is 9.56. The predicted molar refractivity (Wildman–Crippen MR) is 120 cm³/mol. The molecule has 0 unspecified atom stereocenters. The third-order valence-corrected chi connectivity index (χ3v) is 4.99. The Labute approximate surface area is 189 Å². The van der Waals surface area contributed by atoms with Crippen LogP contribution in [0, 0.1) is 18.3 Å². The summed E-state index contributed by atoms with van der Waals surface area (Å²) in [5, 5.41) is 17.4. The van der Waals surface area contributed by atoms with Gasteiger partial charge in [-0.05, 0) is 43.3 Å². The molecule has 158 valence electrons. The maximum absolute atomic E-state index is 12.7. The van der Waals surface area contributed by atoms with E-state index in [1.54, 1.807) is 49.4 Å². The Morgan fingerprint density at radius 3 is 2.55 bits per heavy atom. The van der Waals surface area contributed by atoms with Gasteiger partial charge in [0.2, 0.25) is 0 Å². The number of anilines is 1. The number of nitrogens with zero attached hydrogens (tertiary/aromatic N) is 3. The Bertz CT molecular complexity index is 1210. The van der Waals surface area contributed by atoms with Crippen LogP contribution < -0.4 is 14.8 Å². The van der Waals surface area contributed by atoms with Gasteiger partial charge in [-0.3, -0.25) is 4.79 Å². The molecule has 0 spiro atoms. The SMILES string of the molecule is COc1ccc(NC(=O)C(C#N)=Cc2c(C)nn(-c3cccc(Cl)c3)c2Cl)cc1OC. The number of amides is 1. The molecule has 3 aromatic rings. The number of aromatic nitrogens is 2. The Morgan fingerprint density at radius 1 is 1.16 bits per heavy atom. The molecular weight excluding hydrogens is 439 g/mol. The first-order chi connectivity index (χ1) is 14.9. The van der Waals surface area contributed by atoms with Crippen LogP contribution >= 0.6 is 23.2 Å². The van der Waals surface area contributed by atoms with Crippen molar-refractivity contribution >= 4 is 40.9 Å². The predicted octanol–water partition coefficient (Wildman–Crippen LogP) is 5.05. The Balaban J connectivity index is 1.92. The zero-order valence-electron chi connectivity index (χ0n) is 16.9. The minimum absolute atomic E-state index is 0.134. The molecule has 1 heterocycles. The van der Waals surface area contributed by atoms with Crippen molar-refractivity contribution in [2.45, 2.75) is 6.92 Å². The highest BCUT2D eigenvalue weighted by molar-refractivity contribution is 6.32. The molecule has 0 fully saturated rings. The van der Waals surface area contributed by atoms with Gasteiger partial charge < -0.3 is 14.8 Å². The molecule has 1 amide bonds. The van der Waals surface area contributed by atoms with E-state index in [1.165, 1.54) is 25.0 Å².